The van der Waals surface area contributed by atoms with Crippen LogP contribution in [0.3, 0.4) is 0 Å². The monoisotopic (exact) mass is 324 g/mol. The number of allylic oxidation sites excluding steroid dienone is 1. The third-order valence-electron chi connectivity index (χ3n) is 2.56. The van der Waals surface area contributed by atoms with E-state index in [1.807, 2.05) is 6.92 Å². The first-order valence-electron chi connectivity index (χ1n) is 6.05. The van der Waals surface area contributed by atoms with Crippen molar-refractivity contribution in [2.24, 2.45) is 0 Å². The first-order valence-corrected chi connectivity index (χ1v) is 6.84. The summed E-state index contributed by atoms with van der Waals surface area (Å²) in [5, 5.41) is 0. The molecule has 0 unspecified atom stereocenters. The number of halogens is 1. The zero-order chi connectivity index (χ0) is 14.5. The van der Waals surface area contributed by atoms with Crippen molar-refractivity contribution in [2.75, 3.05) is 0 Å². The van der Waals surface area contributed by atoms with Crippen LogP contribution >= 0.6 is 15.9 Å². The van der Waals surface area contributed by atoms with Gasteiger partial charge < -0.3 is 4.74 Å². The first kappa shape index (κ1) is 15.6. The summed E-state index contributed by atoms with van der Waals surface area (Å²) in [5.74, 6) is 0.274. The Morgan fingerprint density at radius 1 is 1.42 bits per heavy atom. The lowest BCUT2D eigenvalue weighted by atomic mass is 10.0. The molecule has 0 heterocycles. The summed E-state index contributed by atoms with van der Waals surface area (Å²) in [6.07, 6.45) is 4.80. The van der Waals surface area contributed by atoms with Gasteiger partial charge in [-0.2, -0.15) is 0 Å². The molecule has 4 heteroatoms. The quantitative estimate of drug-likeness (QED) is 0.587. The molecule has 1 aromatic rings. The highest BCUT2D eigenvalue weighted by atomic mass is 79.9. The Hall–Kier alpha value is -1.42. The van der Waals surface area contributed by atoms with E-state index in [-0.39, 0.29) is 5.78 Å². The molecule has 0 radical (unpaired) electrons. The third-order valence-corrected chi connectivity index (χ3v) is 3.06. The molecule has 1 rings (SSSR count). The van der Waals surface area contributed by atoms with Crippen LogP contribution in [0.5, 0.6) is 5.75 Å². The number of ketones is 1. The summed E-state index contributed by atoms with van der Waals surface area (Å²) < 4.78 is 6.47. The number of hydrogen-bond acceptors (Lipinski definition) is 3. The number of benzene rings is 1. The smallest absolute Gasteiger partial charge is 0.198 e. The van der Waals surface area contributed by atoms with Gasteiger partial charge in [-0.3, -0.25) is 9.59 Å². The molecule has 0 spiro atoms. The normalized spacial score (nSPS) is 11.6. The van der Waals surface area contributed by atoms with Gasteiger partial charge in [0.25, 0.3) is 0 Å². The van der Waals surface area contributed by atoms with E-state index in [0.717, 1.165) is 10.9 Å². The Kier molecular flexibility index (Phi) is 5.48. The molecule has 0 amide bonds. The Morgan fingerprint density at radius 2 is 2.11 bits per heavy atom. The van der Waals surface area contributed by atoms with Gasteiger partial charge in [0.2, 0.25) is 0 Å². The van der Waals surface area contributed by atoms with Crippen LogP contribution in [0, 0.1) is 0 Å². The molecule has 0 saturated heterocycles. The zero-order valence-corrected chi connectivity index (χ0v) is 12.9. The Balaban J connectivity index is 2.97. The van der Waals surface area contributed by atoms with Crippen LogP contribution in [0.4, 0.5) is 0 Å². The van der Waals surface area contributed by atoms with Crippen LogP contribution in [0.15, 0.2) is 34.8 Å². The van der Waals surface area contributed by atoms with Crippen molar-refractivity contribution >= 4 is 28.0 Å². The average Bonchev–Trinajstić information content (AvgIpc) is 2.37. The van der Waals surface area contributed by atoms with Crippen molar-refractivity contribution in [3.63, 3.8) is 0 Å². The number of rotatable bonds is 6. The van der Waals surface area contributed by atoms with E-state index in [2.05, 4.69) is 15.9 Å². The van der Waals surface area contributed by atoms with E-state index >= 15 is 0 Å². The van der Waals surface area contributed by atoms with Crippen molar-refractivity contribution < 1.29 is 14.3 Å². The predicted octanol–water partition coefficient (Wildman–Crippen LogP) is 3.95. The van der Waals surface area contributed by atoms with Gasteiger partial charge in [0, 0.05) is 4.47 Å². The van der Waals surface area contributed by atoms with Gasteiger partial charge in [-0.15, -0.1) is 0 Å². The van der Waals surface area contributed by atoms with Crippen molar-refractivity contribution in [3.05, 3.63) is 40.4 Å². The van der Waals surface area contributed by atoms with Gasteiger partial charge in [-0.05, 0) is 44.5 Å². The second-order valence-corrected chi connectivity index (χ2v) is 5.50. The van der Waals surface area contributed by atoms with Gasteiger partial charge in [-0.1, -0.05) is 28.9 Å². The van der Waals surface area contributed by atoms with E-state index in [0.29, 0.717) is 17.6 Å². The fraction of sp³-hybridized carbons (Fsp3) is 0.333. The van der Waals surface area contributed by atoms with Gasteiger partial charge in [-0.25, -0.2) is 0 Å². The highest BCUT2D eigenvalue weighted by Gasteiger charge is 2.28. The SMILES string of the molecule is CC/C=C\C(=O)C(C)(C)Oc1ccc(Br)cc1C=O. The maximum absolute atomic E-state index is 12.0. The molecule has 3 nitrogen and oxygen atoms in total. The molecule has 1 aromatic carbocycles. The second-order valence-electron chi connectivity index (χ2n) is 4.59. The van der Waals surface area contributed by atoms with Gasteiger partial charge in [0.1, 0.15) is 5.75 Å². The molecule has 0 bridgehead atoms. The van der Waals surface area contributed by atoms with Crippen molar-refractivity contribution in [1.29, 1.82) is 0 Å². The molecule has 102 valence electrons. The van der Waals surface area contributed by atoms with Gasteiger partial charge in [0.05, 0.1) is 5.56 Å². The fourth-order valence-corrected chi connectivity index (χ4v) is 1.83. The van der Waals surface area contributed by atoms with Gasteiger partial charge >= 0.3 is 0 Å². The number of carbonyl (C=O) groups is 2. The lowest BCUT2D eigenvalue weighted by Gasteiger charge is -2.24. The summed E-state index contributed by atoms with van der Waals surface area (Å²) >= 11 is 3.29. The number of ether oxygens (including phenoxy) is 1. The Labute approximate surface area is 121 Å². The molecule has 0 atom stereocenters. The molecule has 0 N–H and O–H groups in total. The molecular weight excluding hydrogens is 308 g/mol. The fourth-order valence-electron chi connectivity index (χ4n) is 1.46. The topological polar surface area (TPSA) is 43.4 Å². The molecule has 0 saturated carbocycles. The molecule has 0 fully saturated rings. The molecule has 0 aliphatic rings. The molecule has 0 aliphatic heterocycles. The maximum Gasteiger partial charge on any atom is 0.198 e. The summed E-state index contributed by atoms with van der Waals surface area (Å²) in [4.78, 5) is 23.0. The number of carbonyl (C=O) groups excluding carboxylic acids is 2. The van der Waals surface area contributed by atoms with Crippen LogP contribution < -0.4 is 4.74 Å². The number of aldehydes is 1. The zero-order valence-electron chi connectivity index (χ0n) is 11.3. The third kappa shape index (κ3) is 4.31. The minimum atomic E-state index is -1.00. The summed E-state index contributed by atoms with van der Waals surface area (Å²) in [6.45, 7) is 5.33. The lowest BCUT2D eigenvalue weighted by molar-refractivity contribution is -0.126. The van der Waals surface area contributed by atoms with E-state index in [9.17, 15) is 9.59 Å². The van der Waals surface area contributed by atoms with E-state index in [1.54, 1.807) is 38.1 Å². The minimum absolute atomic E-state index is 0.130. The van der Waals surface area contributed by atoms with Crippen molar-refractivity contribution in [2.45, 2.75) is 32.8 Å². The molecule has 19 heavy (non-hydrogen) atoms. The highest BCUT2D eigenvalue weighted by molar-refractivity contribution is 9.10. The molecular formula is C15H17BrO3. The van der Waals surface area contributed by atoms with Crippen LogP contribution in [-0.4, -0.2) is 17.7 Å². The van der Waals surface area contributed by atoms with Crippen LogP contribution in [-0.2, 0) is 4.79 Å². The van der Waals surface area contributed by atoms with E-state index < -0.39 is 5.60 Å². The van der Waals surface area contributed by atoms with E-state index in [1.165, 1.54) is 6.08 Å². The summed E-state index contributed by atoms with van der Waals surface area (Å²) in [7, 11) is 0. The largest absolute Gasteiger partial charge is 0.479 e. The average molecular weight is 325 g/mol. The van der Waals surface area contributed by atoms with Crippen molar-refractivity contribution in [1.82, 2.24) is 0 Å². The summed E-state index contributed by atoms with van der Waals surface area (Å²) in [6, 6.07) is 5.10. The first-order chi connectivity index (χ1) is 8.90. The second kappa shape index (κ2) is 6.66. The Bertz CT molecular complexity index is 504. The minimum Gasteiger partial charge on any atom is -0.479 e. The van der Waals surface area contributed by atoms with Crippen LogP contribution in [0.25, 0.3) is 0 Å². The van der Waals surface area contributed by atoms with E-state index in [4.69, 9.17) is 4.74 Å². The predicted molar refractivity (Wildman–Crippen MR) is 78.7 cm³/mol. The maximum atomic E-state index is 12.0. The van der Waals surface area contributed by atoms with Gasteiger partial charge in [0.15, 0.2) is 17.7 Å². The highest BCUT2D eigenvalue weighted by Crippen LogP contribution is 2.26. The standard InChI is InChI=1S/C15H17BrO3/c1-4-5-6-14(18)15(2,3)19-13-8-7-12(16)9-11(13)10-17/h5-10H,4H2,1-3H3/b6-5-. The molecule has 0 aromatic heterocycles. The van der Waals surface area contributed by atoms with Crippen LogP contribution in [0.1, 0.15) is 37.6 Å². The van der Waals surface area contributed by atoms with Crippen molar-refractivity contribution in [3.8, 4) is 5.75 Å². The Morgan fingerprint density at radius 3 is 2.68 bits per heavy atom. The lowest BCUT2D eigenvalue weighted by Crippen LogP contribution is -2.37. The molecule has 0 aliphatic carbocycles. The summed E-state index contributed by atoms with van der Waals surface area (Å²) in [5.41, 5.74) is -0.591. The van der Waals surface area contributed by atoms with Crippen LogP contribution in [0.2, 0.25) is 0 Å². The number of hydrogen-bond donors (Lipinski definition) is 0.